The summed E-state index contributed by atoms with van der Waals surface area (Å²) in [5.74, 6) is 1.16. The first-order chi connectivity index (χ1) is 9.99. The van der Waals surface area contributed by atoms with Gasteiger partial charge in [0.1, 0.15) is 5.75 Å². The van der Waals surface area contributed by atoms with Crippen LogP contribution in [-0.2, 0) is 6.42 Å². The van der Waals surface area contributed by atoms with Gasteiger partial charge in [0.15, 0.2) is 5.96 Å². The molecule has 22 heavy (non-hydrogen) atoms. The Labute approximate surface area is 147 Å². The van der Waals surface area contributed by atoms with Crippen LogP contribution < -0.4 is 15.8 Å². The first-order valence-corrected chi connectivity index (χ1v) is 7.05. The van der Waals surface area contributed by atoms with Gasteiger partial charge in [-0.2, -0.15) is 8.78 Å². The van der Waals surface area contributed by atoms with Crippen molar-refractivity contribution in [3.05, 3.63) is 29.8 Å². The molecule has 0 radical (unpaired) electrons. The van der Waals surface area contributed by atoms with Gasteiger partial charge >= 0.3 is 6.61 Å². The highest BCUT2D eigenvalue weighted by Crippen LogP contribution is 2.20. The summed E-state index contributed by atoms with van der Waals surface area (Å²) in [6.07, 6.45) is 1.51. The minimum absolute atomic E-state index is 0. The molecule has 0 aliphatic rings. The Morgan fingerprint density at radius 1 is 1.32 bits per heavy atom. The van der Waals surface area contributed by atoms with Crippen molar-refractivity contribution in [2.75, 3.05) is 13.1 Å². The number of halogens is 3. The molecule has 0 aromatic heterocycles. The Balaban J connectivity index is 0.00000441. The number of rotatable bonds is 8. The average molecular weight is 427 g/mol. The minimum Gasteiger partial charge on any atom is -0.435 e. The molecule has 7 heteroatoms. The number of aliphatic imine (C=N–C) groups is 1. The number of hydrogen-bond acceptors (Lipinski definition) is 2. The van der Waals surface area contributed by atoms with Gasteiger partial charge in [-0.3, -0.25) is 4.99 Å². The molecule has 0 atom stereocenters. The van der Waals surface area contributed by atoms with E-state index in [0.717, 1.165) is 6.42 Å². The molecule has 0 aliphatic carbocycles. The largest absolute Gasteiger partial charge is 0.435 e. The molecule has 1 aromatic rings. The average Bonchev–Trinajstić information content (AvgIpc) is 2.39. The Morgan fingerprint density at radius 2 is 2.00 bits per heavy atom. The molecule has 0 saturated heterocycles. The van der Waals surface area contributed by atoms with Crippen molar-refractivity contribution in [2.24, 2.45) is 16.6 Å². The first-order valence-electron chi connectivity index (χ1n) is 7.05. The van der Waals surface area contributed by atoms with Crippen molar-refractivity contribution in [2.45, 2.75) is 33.3 Å². The molecule has 0 saturated carbocycles. The molecule has 4 nitrogen and oxygen atoms in total. The number of nitrogens with two attached hydrogens (primary N) is 1. The Hall–Kier alpha value is -1.12. The highest BCUT2D eigenvalue weighted by atomic mass is 127. The maximum atomic E-state index is 12.3. The number of para-hydroxylation sites is 1. The van der Waals surface area contributed by atoms with Crippen LogP contribution in [0.4, 0.5) is 8.78 Å². The van der Waals surface area contributed by atoms with Crippen LogP contribution in [0.15, 0.2) is 29.3 Å². The SMILES string of the molecule is CC(C)CCN=C(N)NCCc1ccccc1OC(F)F.I. The fourth-order valence-electron chi connectivity index (χ4n) is 1.75. The second-order valence-corrected chi connectivity index (χ2v) is 5.11. The summed E-state index contributed by atoms with van der Waals surface area (Å²) in [4.78, 5) is 4.20. The molecule has 0 bridgehead atoms. The van der Waals surface area contributed by atoms with Gasteiger partial charge in [-0.05, 0) is 30.4 Å². The monoisotopic (exact) mass is 427 g/mol. The van der Waals surface area contributed by atoms with E-state index in [0.29, 0.717) is 37.0 Å². The van der Waals surface area contributed by atoms with Gasteiger partial charge in [0.05, 0.1) is 0 Å². The predicted octanol–water partition coefficient (Wildman–Crippen LogP) is 3.40. The number of hydrogen-bond donors (Lipinski definition) is 2. The third-order valence-electron chi connectivity index (χ3n) is 2.88. The van der Waals surface area contributed by atoms with E-state index < -0.39 is 6.61 Å². The Kier molecular flexibility index (Phi) is 10.9. The second-order valence-electron chi connectivity index (χ2n) is 5.11. The fraction of sp³-hybridized carbons (Fsp3) is 0.533. The Bertz CT molecular complexity index is 456. The van der Waals surface area contributed by atoms with Crippen LogP contribution in [0.25, 0.3) is 0 Å². The number of guanidine groups is 1. The summed E-state index contributed by atoms with van der Waals surface area (Å²) < 4.78 is 29.0. The summed E-state index contributed by atoms with van der Waals surface area (Å²) in [6.45, 7) is 2.63. The van der Waals surface area contributed by atoms with Gasteiger partial charge in [-0.1, -0.05) is 32.0 Å². The van der Waals surface area contributed by atoms with Crippen LogP contribution >= 0.6 is 24.0 Å². The zero-order valence-corrected chi connectivity index (χ0v) is 15.2. The lowest BCUT2D eigenvalue weighted by atomic mass is 10.1. The molecule has 1 aromatic carbocycles. The van der Waals surface area contributed by atoms with Crippen LogP contribution in [0.1, 0.15) is 25.8 Å². The molecule has 0 spiro atoms. The van der Waals surface area contributed by atoms with Crippen molar-refractivity contribution < 1.29 is 13.5 Å². The summed E-state index contributed by atoms with van der Waals surface area (Å²) >= 11 is 0. The van der Waals surface area contributed by atoms with E-state index in [-0.39, 0.29) is 29.7 Å². The lowest BCUT2D eigenvalue weighted by Crippen LogP contribution is -2.33. The molecule has 0 amide bonds. The van der Waals surface area contributed by atoms with Crippen molar-refractivity contribution in [3.8, 4) is 5.75 Å². The van der Waals surface area contributed by atoms with Crippen molar-refractivity contribution in [3.63, 3.8) is 0 Å². The number of alkyl halides is 2. The predicted molar refractivity (Wildman–Crippen MR) is 96.1 cm³/mol. The molecule has 0 aliphatic heterocycles. The van der Waals surface area contributed by atoms with Crippen LogP contribution in [0, 0.1) is 5.92 Å². The van der Waals surface area contributed by atoms with Crippen LogP contribution in [0.5, 0.6) is 5.75 Å². The van der Waals surface area contributed by atoms with E-state index in [1.54, 1.807) is 18.2 Å². The smallest absolute Gasteiger partial charge is 0.387 e. The van der Waals surface area contributed by atoms with E-state index in [1.807, 2.05) is 0 Å². The lowest BCUT2D eigenvalue weighted by Gasteiger charge is -2.11. The molecule has 126 valence electrons. The number of benzene rings is 1. The van der Waals surface area contributed by atoms with Gasteiger partial charge in [0, 0.05) is 13.1 Å². The quantitative estimate of drug-likeness (QED) is 0.380. The fourth-order valence-corrected chi connectivity index (χ4v) is 1.75. The second kappa shape index (κ2) is 11.4. The molecule has 0 unspecified atom stereocenters. The van der Waals surface area contributed by atoms with Gasteiger partial charge in [0.2, 0.25) is 0 Å². The normalized spacial score (nSPS) is 11.5. The van der Waals surface area contributed by atoms with Crippen molar-refractivity contribution in [1.82, 2.24) is 5.32 Å². The van der Waals surface area contributed by atoms with E-state index in [2.05, 4.69) is 28.9 Å². The zero-order chi connectivity index (χ0) is 15.7. The first kappa shape index (κ1) is 20.9. The summed E-state index contributed by atoms with van der Waals surface area (Å²) in [5.41, 5.74) is 6.44. The van der Waals surface area contributed by atoms with Gasteiger partial charge < -0.3 is 15.8 Å². The number of ether oxygens (including phenoxy) is 1. The minimum atomic E-state index is -2.82. The van der Waals surface area contributed by atoms with E-state index in [4.69, 9.17) is 5.73 Å². The zero-order valence-electron chi connectivity index (χ0n) is 12.9. The molecular formula is C15H24F2IN3O. The van der Waals surface area contributed by atoms with Gasteiger partial charge in [-0.15, -0.1) is 24.0 Å². The Morgan fingerprint density at radius 3 is 2.64 bits per heavy atom. The molecule has 3 N–H and O–H groups in total. The van der Waals surface area contributed by atoms with Gasteiger partial charge in [0.25, 0.3) is 0 Å². The van der Waals surface area contributed by atoms with E-state index >= 15 is 0 Å². The van der Waals surface area contributed by atoms with Gasteiger partial charge in [-0.25, -0.2) is 0 Å². The highest BCUT2D eigenvalue weighted by Gasteiger charge is 2.08. The topological polar surface area (TPSA) is 59.6 Å². The standard InChI is InChI=1S/C15H23F2N3O.HI/c1-11(2)7-9-19-15(18)20-10-8-12-5-3-4-6-13(12)21-14(16)17;/h3-6,11,14H,7-10H2,1-2H3,(H3,18,19,20);1H. The van der Waals surface area contributed by atoms with Crippen LogP contribution in [0.3, 0.4) is 0 Å². The maximum absolute atomic E-state index is 12.3. The van der Waals surface area contributed by atoms with Crippen molar-refractivity contribution in [1.29, 1.82) is 0 Å². The third-order valence-corrected chi connectivity index (χ3v) is 2.88. The number of nitrogens with one attached hydrogen (secondary N) is 1. The maximum Gasteiger partial charge on any atom is 0.387 e. The highest BCUT2D eigenvalue weighted by molar-refractivity contribution is 14.0. The summed E-state index contributed by atoms with van der Waals surface area (Å²) in [5, 5.41) is 2.97. The third kappa shape index (κ3) is 9.01. The molecule has 0 fully saturated rings. The van der Waals surface area contributed by atoms with E-state index in [9.17, 15) is 8.78 Å². The number of nitrogens with zero attached hydrogens (tertiary/aromatic N) is 1. The van der Waals surface area contributed by atoms with Crippen LogP contribution in [-0.4, -0.2) is 25.7 Å². The van der Waals surface area contributed by atoms with Crippen LogP contribution in [0.2, 0.25) is 0 Å². The summed E-state index contributed by atoms with van der Waals surface area (Å²) in [6, 6.07) is 6.73. The molecule has 0 heterocycles. The summed E-state index contributed by atoms with van der Waals surface area (Å²) in [7, 11) is 0. The lowest BCUT2D eigenvalue weighted by molar-refractivity contribution is -0.0504. The molecular weight excluding hydrogens is 403 g/mol. The van der Waals surface area contributed by atoms with E-state index in [1.165, 1.54) is 6.07 Å². The van der Waals surface area contributed by atoms with Crippen molar-refractivity contribution >= 4 is 29.9 Å². The molecule has 1 rings (SSSR count).